The van der Waals surface area contributed by atoms with Crippen molar-refractivity contribution >= 4 is 22.1 Å². The number of phenolic OH excluding ortho intramolecular Hbond substituents is 1. The number of nitrogens with zero attached hydrogens (tertiary/aromatic N) is 3. The molecule has 2 N–H and O–H groups in total. The number of fused-ring (bicyclic) bond motifs is 1. The molecule has 134 valence electrons. The second-order valence-corrected chi connectivity index (χ2v) is 6.08. The zero-order valence-corrected chi connectivity index (χ0v) is 14.3. The molecule has 0 radical (unpaired) electrons. The number of hydrogen-bond acceptors (Lipinski definition) is 4. The summed E-state index contributed by atoms with van der Waals surface area (Å²) in [6.07, 6.45) is 0. The highest BCUT2D eigenvalue weighted by atomic mass is 19.1. The SMILES string of the molecule is Cc1cc(=O)[nH]n1-c1ccc(F)cc1N=Nc1c(O)ccc2ccccc12. The van der Waals surface area contributed by atoms with Gasteiger partial charge in [0.1, 0.15) is 22.9 Å². The molecule has 0 bridgehead atoms. The molecule has 1 aromatic heterocycles. The molecule has 0 fully saturated rings. The van der Waals surface area contributed by atoms with Crippen molar-refractivity contribution in [2.24, 2.45) is 10.2 Å². The zero-order valence-electron chi connectivity index (χ0n) is 14.3. The number of aryl methyl sites for hydroxylation is 1. The van der Waals surface area contributed by atoms with E-state index in [9.17, 15) is 14.3 Å². The average molecular weight is 362 g/mol. The molecule has 27 heavy (non-hydrogen) atoms. The maximum absolute atomic E-state index is 13.8. The molecule has 0 aliphatic rings. The molecule has 3 aromatic carbocycles. The van der Waals surface area contributed by atoms with Gasteiger partial charge in [-0.2, -0.15) is 0 Å². The van der Waals surface area contributed by atoms with E-state index in [-0.39, 0.29) is 17.0 Å². The first kappa shape index (κ1) is 16.7. The van der Waals surface area contributed by atoms with Gasteiger partial charge in [-0.1, -0.05) is 30.3 Å². The lowest BCUT2D eigenvalue weighted by Crippen LogP contribution is -2.04. The maximum Gasteiger partial charge on any atom is 0.264 e. The van der Waals surface area contributed by atoms with E-state index in [2.05, 4.69) is 15.3 Å². The molecule has 0 saturated heterocycles. The Kier molecular flexibility index (Phi) is 4.04. The summed E-state index contributed by atoms with van der Waals surface area (Å²) in [4.78, 5) is 11.6. The Balaban J connectivity index is 1.87. The van der Waals surface area contributed by atoms with Crippen molar-refractivity contribution in [2.45, 2.75) is 6.92 Å². The van der Waals surface area contributed by atoms with Crippen LogP contribution in [0.3, 0.4) is 0 Å². The molecule has 0 saturated carbocycles. The van der Waals surface area contributed by atoms with E-state index in [1.54, 1.807) is 13.0 Å². The van der Waals surface area contributed by atoms with E-state index in [0.29, 0.717) is 17.1 Å². The van der Waals surface area contributed by atoms with Gasteiger partial charge in [0, 0.05) is 23.2 Å². The minimum atomic E-state index is -0.484. The third-order valence-corrected chi connectivity index (χ3v) is 4.23. The van der Waals surface area contributed by atoms with Gasteiger partial charge in [-0.05, 0) is 30.5 Å². The number of nitrogens with one attached hydrogen (secondary N) is 1. The van der Waals surface area contributed by atoms with Crippen molar-refractivity contribution in [3.8, 4) is 11.4 Å². The van der Waals surface area contributed by atoms with Crippen molar-refractivity contribution in [2.75, 3.05) is 0 Å². The molecule has 0 aliphatic carbocycles. The van der Waals surface area contributed by atoms with Crippen molar-refractivity contribution in [1.82, 2.24) is 9.78 Å². The van der Waals surface area contributed by atoms with Gasteiger partial charge in [-0.15, -0.1) is 10.2 Å². The van der Waals surface area contributed by atoms with Gasteiger partial charge >= 0.3 is 0 Å². The summed E-state index contributed by atoms with van der Waals surface area (Å²) < 4.78 is 15.3. The highest BCUT2D eigenvalue weighted by molar-refractivity contribution is 5.95. The number of hydrogen-bond donors (Lipinski definition) is 2. The minimum absolute atomic E-state index is 0.0269. The lowest BCUT2D eigenvalue weighted by Gasteiger charge is -2.09. The van der Waals surface area contributed by atoms with Crippen molar-refractivity contribution in [3.05, 3.63) is 82.5 Å². The van der Waals surface area contributed by atoms with Crippen LogP contribution in [-0.4, -0.2) is 14.9 Å². The van der Waals surface area contributed by atoms with Crippen LogP contribution in [0.4, 0.5) is 15.8 Å². The Morgan fingerprint density at radius 1 is 1.04 bits per heavy atom. The van der Waals surface area contributed by atoms with Gasteiger partial charge in [0.2, 0.25) is 0 Å². The van der Waals surface area contributed by atoms with Crippen LogP contribution < -0.4 is 5.56 Å². The van der Waals surface area contributed by atoms with Gasteiger partial charge in [0.15, 0.2) is 0 Å². The highest BCUT2D eigenvalue weighted by Gasteiger charge is 2.11. The van der Waals surface area contributed by atoms with E-state index in [4.69, 9.17) is 0 Å². The van der Waals surface area contributed by atoms with Crippen molar-refractivity contribution < 1.29 is 9.50 Å². The minimum Gasteiger partial charge on any atom is -0.506 e. The summed E-state index contributed by atoms with van der Waals surface area (Å²) in [5.41, 5.74) is 1.36. The molecule has 1 heterocycles. The molecular weight excluding hydrogens is 347 g/mol. The van der Waals surface area contributed by atoms with Crippen LogP contribution in [0.1, 0.15) is 5.69 Å². The molecule has 0 amide bonds. The second-order valence-electron chi connectivity index (χ2n) is 6.08. The molecule has 7 heteroatoms. The first-order valence-corrected chi connectivity index (χ1v) is 8.24. The quantitative estimate of drug-likeness (QED) is 0.509. The topological polar surface area (TPSA) is 82.7 Å². The predicted octanol–water partition coefficient (Wildman–Crippen LogP) is 4.89. The fourth-order valence-electron chi connectivity index (χ4n) is 2.95. The van der Waals surface area contributed by atoms with Gasteiger partial charge in [-0.3, -0.25) is 14.6 Å². The largest absolute Gasteiger partial charge is 0.506 e. The van der Waals surface area contributed by atoms with E-state index in [1.165, 1.54) is 35.0 Å². The normalized spacial score (nSPS) is 11.5. The first-order valence-electron chi connectivity index (χ1n) is 8.24. The third kappa shape index (κ3) is 3.10. The van der Waals surface area contributed by atoms with E-state index >= 15 is 0 Å². The molecule has 0 unspecified atom stereocenters. The molecular formula is C20H15FN4O2. The summed E-state index contributed by atoms with van der Waals surface area (Å²) in [6.45, 7) is 1.75. The lowest BCUT2D eigenvalue weighted by molar-refractivity contribution is 0.477. The van der Waals surface area contributed by atoms with Crippen LogP contribution in [0.25, 0.3) is 16.5 Å². The van der Waals surface area contributed by atoms with Crippen LogP contribution in [0, 0.1) is 12.7 Å². The predicted molar refractivity (Wildman–Crippen MR) is 101 cm³/mol. The Labute approximate surface area is 153 Å². The fourth-order valence-corrected chi connectivity index (χ4v) is 2.95. The van der Waals surface area contributed by atoms with Gasteiger partial charge in [-0.25, -0.2) is 4.39 Å². The summed E-state index contributed by atoms with van der Waals surface area (Å²) in [5.74, 6) is -0.511. The fraction of sp³-hybridized carbons (Fsp3) is 0.0500. The number of aromatic amines is 1. The van der Waals surface area contributed by atoms with E-state index in [1.807, 2.05) is 24.3 Å². The van der Waals surface area contributed by atoms with Gasteiger partial charge < -0.3 is 5.11 Å². The zero-order chi connectivity index (χ0) is 19.0. The molecule has 0 atom stereocenters. The number of rotatable bonds is 3. The van der Waals surface area contributed by atoms with Gasteiger partial charge in [0.25, 0.3) is 5.56 Å². The second kappa shape index (κ2) is 6.53. The monoisotopic (exact) mass is 362 g/mol. The van der Waals surface area contributed by atoms with Crippen LogP contribution in [0.15, 0.2) is 75.7 Å². The number of H-pyrrole nitrogens is 1. The Bertz CT molecular complexity index is 1240. The maximum atomic E-state index is 13.8. The lowest BCUT2D eigenvalue weighted by atomic mass is 10.1. The average Bonchev–Trinajstić information content (AvgIpc) is 2.99. The Morgan fingerprint density at radius 2 is 1.85 bits per heavy atom. The summed E-state index contributed by atoms with van der Waals surface area (Å²) in [7, 11) is 0. The standard InChI is InChI=1S/C20H15FN4O2/c1-12-10-19(27)24-25(12)17-8-7-14(21)11-16(17)22-23-20-15-5-3-2-4-13(15)6-9-18(20)26/h2-11,26H,1H3,(H,24,27). The van der Waals surface area contributed by atoms with Gasteiger partial charge in [0.05, 0.1) is 5.69 Å². The van der Waals surface area contributed by atoms with Crippen LogP contribution in [-0.2, 0) is 0 Å². The van der Waals surface area contributed by atoms with E-state index in [0.717, 1.165) is 10.8 Å². The van der Waals surface area contributed by atoms with Crippen molar-refractivity contribution in [1.29, 1.82) is 0 Å². The Hall–Kier alpha value is -3.74. The summed E-state index contributed by atoms with van der Waals surface area (Å²) in [6, 6.07) is 16.2. The summed E-state index contributed by atoms with van der Waals surface area (Å²) in [5, 5.41) is 22.8. The Morgan fingerprint density at radius 3 is 2.63 bits per heavy atom. The molecule has 0 aliphatic heterocycles. The molecule has 4 rings (SSSR count). The number of aromatic hydroxyl groups is 1. The van der Waals surface area contributed by atoms with Crippen LogP contribution >= 0.6 is 0 Å². The van der Waals surface area contributed by atoms with Crippen LogP contribution in [0.5, 0.6) is 5.75 Å². The number of phenols is 1. The number of azo groups is 1. The molecule has 4 aromatic rings. The van der Waals surface area contributed by atoms with E-state index < -0.39 is 5.82 Å². The third-order valence-electron chi connectivity index (χ3n) is 4.23. The van der Waals surface area contributed by atoms with Crippen molar-refractivity contribution in [3.63, 3.8) is 0 Å². The highest BCUT2D eigenvalue weighted by Crippen LogP contribution is 2.36. The number of aromatic nitrogens is 2. The number of benzene rings is 3. The number of halogens is 1. The smallest absolute Gasteiger partial charge is 0.264 e. The molecule has 6 nitrogen and oxygen atoms in total. The van der Waals surface area contributed by atoms with Crippen LogP contribution in [0.2, 0.25) is 0 Å². The molecule has 0 spiro atoms. The summed E-state index contributed by atoms with van der Waals surface area (Å²) >= 11 is 0. The first-order chi connectivity index (χ1) is 13.0.